The number of ether oxygens (including phenoxy) is 2. The Kier molecular flexibility index (Phi) is 4.51. The Morgan fingerprint density at radius 3 is 3.04 bits per heavy atom. The van der Waals surface area contributed by atoms with Gasteiger partial charge in [0.2, 0.25) is 0 Å². The lowest BCUT2D eigenvalue weighted by Gasteiger charge is -2.42. The molecule has 1 aliphatic rings. The highest BCUT2D eigenvalue weighted by atomic mass is 19.1. The van der Waals surface area contributed by atoms with Crippen LogP contribution in [0.3, 0.4) is 0 Å². The molecule has 24 heavy (non-hydrogen) atoms. The molecule has 0 aliphatic carbocycles. The van der Waals surface area contributed by atoms with Crippen molar-refractivity contribution >= 4 is 16.8 Å². The predicted molar refractivity (Wildman–Crippen MR) is 88.4 cm³/mol. The van der Waals surface area contributed by atoms with E-state index >= 15 is 0 Å². The molecule has 0 saturated carbocycles. The van der Waals surface area contributed by atoms with Crippen molar-refractivity contribution in [2.24, 2.45) is 0 Å². The van der Waals surface area contributed by atoms with Crippen LogP contribution >= 0.6 is 0 Å². The van der Waals surface area contributed by atoms with Crippen molar-refractivity contribution in [2.45, 2.75) is 25.6 Å². The van der Waals surface area contributed by atoms with Crippen LogP contribution in [0.15, 0.2) is 30.5 Å². The van der Waals surface area contributed by atoms with Gasteiger partial charge in [0, 0.05) is 31.8 Å². The Bertz CT molecular complexity index is 763. The van der Waals surface area contributed by atoms with Gasteiger partial charge < -0.3 is 14.4 Å². The van der Waals surface area contributed by atoms with Gasteiger partial charge >= 0.3 is 0 Å². The third-order valence-corrected chi connectivity index (χ3v) is 4.02. The van der Waals surface area contributed by atoms with Gasteiger partial charge in [-0.05, 0) is 32.0 Å². The number of halogens is 1. The molecule has 128 valence electrons. The number of fused-ring (bicyclic) bond motifs is 1. The van der Waals surface area contributed by atoms with E-state index in [1.54, 1.807) is 30.3 Å². The quantitative estimate of drug-likeness (QED) is 0.867. The van der Waals surface area contributed by atoms with Crippen molar-refractivity contribution in [1.82, 2.24) is 9.88 Å². The summed E-state index contributed by atoms with van der Waals surface area (Å²) in [5.74, 6) is -0.685. The minimum absolute atomic E-state index is 0.213. The molecule has 1 aromatic heterocycles. The fourth-order valence-corrected chi connectivity index (χ4v) is 3.21. The van der Waals surface area contributed by atoms with E-state index in [0.717, 1.165) is 0 Å². The minimum atomic E-state index is -0.492. The second kappa shape index (κ2) is 6.45. The summed E-state index contributed by atoms with van der Waals surface area (Å²) in [7, 11) is 1.60. The van der Waals surface area contributed by atoms with Crippen LogP contribution in [0.1, 0.15) is 24.2 Å². The summed E-state index contributed by atoms with van der Waals surface area (Å²) in [5, 5.41) is 0.613. The third kappa shape index (κ3) is 3.39. The van der Waals surface area contributed by atoms with Gasteiger partial charge in [0.25, 0.3) is 5.91 Å². The first-order valence-electron chi connectivity index (χ1n) is 7.90. The average Bonchev–Trinajstić information content (AvgIpc) is 2.52. The summed E-state index contributed by atoms with van der Waals surface area (Å²) in [6.45, 7) is 5.08. The van der Waals surface area contributed by atoms with Crippen LogP contribution in [0.5, 0.6) is 0 Å². The highest BCUT2D eigenvalue weighted by molar-refractivity contribution is 6.05. The number of carbonyl (C=O) groups is 1. The first-order valence-corrected chi connectivity index (χ1v) is 7.90. The number of hydrogen-bond donors (Lipinski definition) is 0. The van der Waals surface area contributed by atoms with Gasteiger partial charge in [-0.25, -0.2) is 4.39 Å². The minimum Gasteiger partial charge on any atom is -0.382 e. The maximum absolute atomic E-state index is 13.9. The Labute approximate surface area is 140 Å². The Morgan fingerprint density at radius 2 is 2.29 bits per heavy atom. The number of hydrogen-bond acceptors (Lipinski definition) is 4. The molecule has 2 aromatic rings. The molecule has 3 rings (SSSR count). The maximum atomic E-state index is 13.9. The third-order valence-electron chi connectivity index (χ3n) is 4.02. The molecular weight excluding hydrogens is 311 g/mol. The van der Waals surface area contributed by atoms with Crippen molar-refractivity contribution in [3.8, 4) is 0 Å². The fraction of sp³-hybridized carbons (Fsp3) is 0.444. The number of methoxy groups -OCH3 is 1. The van der Waals surface area contributed by atoms with E-state index in [0.29, 0.717) is 30.6 Å². The van der Waals surface area contributed by atoms with E-state index in [1.165, 1.54) is 12.1 Å². The van der Waals surface area contributed by atoms with E-state index in [-0.39, 0.29) is 17.6 Å². The molecule has 1 amide bonds. The van der Waals surface area contributed by atoms with Crippen LogP contribution in [-0.4, -0.2) is 54.3 Å². The average molecular weight is 332 g/mol. The van der Waals surface area contributed by atoms with Crippen LogP contribution in [0, 0.1) is 5.82 Å². The van der Waals surface area contributed by atoms with E-state index < -0.39 is 11.4 Å². The van der Waals surface area contributed by atoms with E-state index in [9.17, 15) is 9.18 Å². The summed E-state index contributed by atoms with van der Waals surface area (Å²) >= 11 is 0. The van der Waals surface area contributed by atoms with Gasteiger partial charge in [-0.3, -0.25) is 9.78 Å². The second-order valence-corrected chi connectivity index (χ2v) is 6.67. The summed E-state index contributed by atoms with van der Waals surface area (Å²) in [5.41, 5.74) is 0.296. The number of benzene rings is 1. The van der Waals surface area contributed by atoms with Gasteiger partial charge in [0.15, 0.2) is 0 Å². The molecule has 0 unspecified atom stereocenters. The molecule has 0 spiro atoms. The number of pyridine rings is 1. The van der Waals surface area contributed by atoms with Crippen molar-refractivity contribution in [1.29, 1.82) is 0 Å². The highest BCUT2D eigenvalue weighted by Gasteiger charge is 2.36. The van der Waals surface area contributed by atoms with Crippen molar-refractivity contribution in [2.75, 3.05) is 26.8 Å². The molecule has 0 N–H and O–H groups in total. The van der Waals surface area contributed by atoms with Crippen LogP contribution in [-0.2, 0) is 9.47 Å². The normalized spacial score (nSPS) is 20.3. The Morgan fingerprint density at radius 1 is 1.50 bits per heavy atom. The summed E-state index contributed by atoms with van der Waals surface area (Å²) in [6, 6.07) is 6.11. The van der Waals surface area contributed by atoms with Gasteiger partial charge in [-0.1, -0.05) is 6.07 Å². The molecule has 2 heterocycles. The smallest absolute Gasteiger partial charge is 0.256 e. The number of rotatable bonds is 3. The monoisotopic (exact) mass is 332 g/mol. The van der Waals surface area contributed by atoms with Crippen LogP contribution in [0.2, 0.25) is 0 Å². The zero-order valence-electron chi connectivity index (χ0n) is 14.1. The maximum Gasteiger partial charge on any atom is 0.256 e. The molecule has 1 fully saturated rings. The van der Waals surface area contributed by atoms with E-state index in [4.69, 9.17) is 9.47 Å². The van der Waals surface area contributed by atoms with Crippen molar-refractivity contribution < 1.29 is 18.7 Å². The Balaban J connectivity index is 1.96. The molecule has 1 atom stereocenters. The lowest BCUT2D eigenvalue weighted by Crippen LogP contribution is -2.55. The van der Waals surface area contributed by atoms with Gasteiger partial charge in [0.05, 0.1) is 29.4 Å². The molecule has 0 radical (unpaired) electrons. The lowest BCUT2D eigenvalue weighted by atomic mass is 10.0. The first kappa shape index (κ1) is 16.8. The molecule has 1 aliphatic heterocycles. The SMILES string of the molecule is COC[C@H]1CN(C(=O)c2cc(F)cc3cccnc23)CC(C)(C)O1. The number of carbonyl (C=O) groups excluding carboxylic acids is 1. The standard InChI is InChI=1S/C18H21FN2O3/c1-18(2)11-21(9-14(24-18)10-23-3)17(22)15-8-13(19)7-12-5-4-6-20-16(12)15/h4-8,14H,9-11H2,1-3H3/t14-/m1/s1. The van der Waals surface area contributed by atoms with Crippen LogP contribution in [0.25, 0.3) is 10.9 Å². The van der Waals surface area contributed by atoms with Crippen LogP contribution in [0.4, 0.5) is 4.39 Å². The van der Waals surface area contributed by atoms with Crippen molar-refractivity contribution in [3.05, 3.63) is 41.8 Å². The zero-order chi connectivity index (χ0) is 17.3. The zero-order valence-corrected chi connectivity index (χ0v) is 14.1. The van der Waals surface area contributed by atoms with Gasteiger partial charge in [-0.15, -0.1) is 0 Å². The largest absolute Gasteiger partial charge is 0.382 e. The molecule has 6 heteroatoms. The summed E-state index contributed by atoms with van der Waals surface area (Å²) in [4.78, 5) is 19.0. The Hall–Kier alpha value is -2.05. The molecule has 1 saturated heterocycles. The van der Waals surface area contributed by atoms with Gasteiger partial charge in [-0.2, -0.15) is 0 Å². The fourth-order valence-electron chi connectivity index (χ4n) is 3.21. The van der Waals surface area contributed by atoms with Gasteiger partial charge in [0.1, 0.15) is 5.82 Å². The molecule has 1 aromatic carbocycles. The second-order valence-electron chi connectivity index (χ2n) is 6.67. The number of morpholine rings is 1. The topological polar surface area (TPSA) is 51.7 Å². The van der Waals surface area contributed by atoms with Crippen LogP contribution < -0.4 is 0 Å². The number of amides is 1. The predicted octanol–water partition coefficient (Wildman–Crippen LogP) is 2.64. The summed E-state index contributed by atoms with van der Waals surface area (Å²) < 4.78 is 25.0. The highest BCUT2D eigenvalue weighted by Crippen LogP contribution is 2.25. The number of nitrogens with zero attached hydrogens (tertiary/aromatic N) is 2. The van der Waals surface area contributed by atoms with E-state index in [2.05, 4.69) is 4.98 Å². The summed E-state index contributed by atoms with van der Waals surface area (Å²) in [6.07, 6.45) is 1.39. The lowest BCUT2D eigenvalue weighted by molar-refractivity contribution is -0.143. The van der Waals surface area contributed by atoms with E-state index in [1.807, 2.05) is 13.8 Å². The molecule has 5 nitrogen and oxygen atoms in total. The molecular formula is C18H21FN2O3. The van der Waals surface area contributed by atoms with Crippen molar-refractivity contribution in [3.63, 3.8) is 0 Å². The number of aromatic nitrogens is 1. The molecule has 0 bridgehead atoms. The first-order chi connectivity index (χ1) is 11.4.